The van der Waals surface area contributed by atoms with Crippen molar-refractivity contribution in [3.8, 4) is 0 Å². The zero-order valence-electron chi connectivity index (χ0n) is 15.1. The first-order chi connectivity index (χ1) is 12.8. The third-order valence-electron chi connectivity index (χ3n) is 4.47. The Labute approximate surface area is 161 Å². The number of carbonyl (C=O) groups is 1. The molecule has 142 valence electrons. The Morgan fingerprint density at radius 3 is 2.56 bits per heavy atom. The average Bonchev–Trinajstić information content (AvgIpc) is 2.65. The van der Waals surface area contributed by atoms with Crippen LogP contribution < -0.4 is 10.2 Å². The van der Waals surface area contributed by atoms with Crippen LogP contribution in [0.4, 0.5) is 22.0 Å². The third kappa shape index (κ3) is 4.28. The van der Waals surface area contributed by atoms with E-state index in [1.54, 1.807) is 30.2 Å². The number of aryl methyl sites for hydroxylation is 2. The lowest BCUT2D eigenvalue weighted by atomic mass is 10.2. The minimum Gasteiger partial charge on any atom is -0.347 e. The Bertz CT molecular complexity index is 881. The van der Waals surface area contributed by atoms with Gasteiger partial charge in [-0.1, -0.05) is 17.7 Å². The van der Waals surface area contributed by atoms with Crippen molar-refractivity contribution >= 4 is 34.8 Å². The molecule has 2 amide bonds. The summed E-state index contributed by atoms with van der Waals surface area (Å²) >= 11 is 6.09. The van der Waals surface area contributed by atoms with Crippen LogP contribution in [0.1, 0.15) is 11.1 Å². The van der Waals surface area contributed by atoms with Crippen LogP contribution in [-0.4, -0.2) is 47.0 Å². The van der Waals surface area contributed by atoms with E-state index in [-0.39, 0.29) is 11.7 Å². The maximum absolute atomic E-state index is 12.5. The summed E-state index contributed by atoms with van der Waals surface area (Å²) in [7, 11) is 0. The Kier molecular flexibility index (Phi) is 5.46. The van der Waals surface area contributed by atoms with E-state index < -0.39 is 4.92 Å². The average molecular weight is 390 g/mol. The number of nitrogens with one attached hydrogen (secondary N) is 1. The molecule has 2 heterocycles. The van der Waals surface area contributed by atoms with Crippen molar-refractivity contribution in [3.05, 3.63) is 56.7 Å². The highest BCUT2D eigenvalue weighted by atomic mass is 35.5. The third-order valence-corrected chi connectivity index (χ3v) is 4.88. The number of aromatic nitrogens is 1. The molecule has 9 heteroatoms. The molecule has 1 aromatic carbocycles. The largest absolute Gasteiger partial charge is 0.347 e. The summed E-state index contributed by atoms with van der Waals surface area (Å²) in [6.45, 7) is 5.49. The lowest BCUT2D eigenvalue weighted by Crippen LogP contribution is -2.50. The molecule has 0 spiro atoms. The number of benzene rings is 1. The topological polar surface area (TPSA) is 91.6 Å². The first-order valence-corrected chi connectivity index (χ1v) is 8.91. The normalized spacial score (nSPS) is 14.2. The summed E-state index contributed by atoms with van der Waals surface area (Å²) in [6, 6.07) is 6.65. The maximum atomic E-state index is 12.5. The SMILES string of the molecule is Cc1cnc(N2CCN(C(=O)Nc3ccc(C)c(Cl)c3)CC2)c([N+](=O)[O-])c1. The lowest BCUT2D eigenvalue weighted by Gasteiger charge is -2.35. The molecule has 1 aromatic heterocycles. The monoisotopic (exact) mass is 389 g/mol. The molecule has 3 rings (SSSR count). The van der Waals surface area contributed by atoms with E-state index in [2.05, 4.69) is 10.3 Å². The van der Waals surface area contributed by atoms with Crippen molar-refractivity contribution in [3.63, 3.8) is 0 Å². The van der Waals surface area contributed by atoms with Gasteiger partial charge in [-0.3, -0.25) is 10.1 Å². The van der Waals surface area contributed by atoms with Crippen LogP contribution in [0, 0.1) is 24.0 Å². The standard InChI is InChI=1S/C18H20ClN5O3/c1-12-9-16(24(26)27)17(20-11-12)22-5-7-23(8-6-22)18(25)21-14-4-3-13(2)15(19)10-14/h3-4,9-11H,5-8H2,1-2H3,(H,21,25). The number of amides is 2. The number of nitrogens with zero attached hydrogens (tertiary/aromatic N) is 4. The Morgan fingerprint density at radius 2 is 1.93 bits per heavy atom. The highest BCUT2D eigenvalue weighted by molar-refractivity contribution is 6.31. The van der Waals surface area contributed by atoms with E-state index in [1.807, 2.05) is 17.9 Å². The van der Waals surface area contributed by atoms with Crippen molar-refractivity contribution < 1.29 is 9.72 Å². The number of hydrogen-bond donors (Lipinski definition) is 1. The zero-order chi connectivity index (χ0) is 19.6. The van der Waals surface area contributed by atoms with Crippen LogP contribution in [0.15, 0.2) is 30.5 Å². The van der Waals surface area contributed by atoms with Crippen LogP contribution in [0.25, 0.3) is 0 Å². The summed E-state index contributed by atoms with van der Waals surface area (Å²) in [5.41, 5.74) is 2.30. The van der Waals surface area contributed by atoms with Gasteiger partial charge in [0.2, 0.25) is 5.82 Å². The molecule has 0 bridgehead atoms. The Hall–Kier alpha value is -2.87. The number of rotatable bonds is 3. The van der Waals surface area contributed by atoms with Gasteiger partial charge in [-0.05, 0) is 37.1 Å². The molecule has 1 N–H and O–H groups in total. The van der Waals surface area contributed by atoms with Crippen molar-refractivity contribution in [2.24, 2.45) is 0 Å². The summed E-state index contributed by atoms with van der Waals surface area (Å²) in [5, 5.41) is 14.7. The van der Waals surface area contributed by atoms with Gasteiger partial charge >= 0.3 is 11.7 Å². The highest BCUT2D eigenvalue weighted by Gasteiger charge is 2.27. The van der Waals surface area contributed by atoms with Crippen LogP contribution in [0.5, 0.6) is 0 Å². The van der Waals surface area contributed by atoms with E-state index >= 15 is 0 Å². The number of carbonyl (C=O) groups excluding carboxylic acids is 1. The highest BCUT2D eigenvalue weighted by Crippen LogP contribution is 2.27. The van der Waals surface area contributed by atoms with E-state index in [0.717, 1.165) is 11.1 Å². The smallest absolute Gasteiger partial charge is 0.321 e. The minimum absolute atomic E-state index is 0.0119. The van der Waals surface area contributed by atoms with Gasteiger partial charge in [-0.2, -0.15) is 0 Å². The van der Waals surface area contributed by atoms with Gasteiger partial charge < -0.3 is 15.1 Å². The summed E-state index contributed by atoms with van der Waals surface area (Å²) in [6.07, 6.45) is 1.61. The van der Waals surface area contributed by atoms with Gasteiger partial charge in [0.05, 0.1) is 4.92 Å². The predicted molar refractivity (Wildman–Crippen MR) is 105 cm³/mol. The lowest BCUT2D eigenvalue weighted by molar-refractivity contribution is -0.384. The Balaban J connectivity index is 1.64. The van der Waals surface area contributed by atoms with E-state index in [0.29, 0.717) is 42.7 Å². The molecule has 0 radical (unpaired) electrons. The van der Waals surface area contributed by atoms with Gasteiger partial charge in [0.1, 0.15) is 0 Å². The molecule has 0 aliphatic carbocycles. The molecule has 1 fully saturated rings. The minimum atomic E-state index is -0.421. The van der Waals surface area contributed by atoms with E-state index in [9.17, 15) is 14.9 Å². The Morgan fingerprint density at radius 1 is 1.22 bits per heavy atom. The molecule has 1 aliphatic rings. The zero-order valence-corrected chi connectivity index (χ0v) is 15.9. The fraction of sp³-hybridized carbons (Fsp3) is 0.333. The second-order valence-corrected chi connectivity index (χ2v) is 6.89. The molecule has 2 aromatic rings. The summed E-state index contributed by atoms with van der Waals surface area (Å²) < 4.78 is 0. The van der Waals surface area contributed by atoms with E-state index in [4.69, 9.17) is 11.6 Å². The van der Waals surface area contributed by atoms with Gasteiger partial charge in [0, 0.05) is 49.2 Å². The van der Waals surface area contributed by atoms with E-state index in [1.165, 1.54) is 6.07 Å². The van der Waals surface area contributed by atoms with Crippen LogP contribution in [0.2, 0.25) is 5.02 Å². The maximum Gasteiger partial charge on any atom is 0.321 e. The number of piperazine rings is 1. The summed E-state index contributed by atoms with van der Waals surface area (Å²) in [5.74, 6) is 0.343. The number of halogens is 1. The first kappa shape index (κ1) is 18.9. The number of anilines is 2. The number of hydrogen-bond acceptors (Lipinski definition) is 5. The van der Waals surface area contributed by atoms with Crippen LogP contribution >= 0.6 is 11.6 Å². The molecule has 1 saturated heterocycles. The first-order valence-electron chi connectivity index (χ1n) is 8.53. The number of urea groups is 1. The molecule has 0 atom stereocenters. The molecule has 0 unspecified atom stereocenters. The van der Waals surface area contributed by atoms with Crippen molar-refractivity contribution in [1.29, 1.82) is 0 Å². The number of nitro groups is 1. The molecule has 0 saturated carbocycles. The quantitative estimate of drug-likeness (QED) is 0.639. The van der Waals surface area contributed by atoms with Crippen LogP contribution in [0.3, 0.4) is 0 Å². The summed E-state index contributed by atoms with van der Waals surface area (Å²) in [4.78, 5) is 31.1. The van der Waals surface area contributed by atoms with Gasteiger partial charge in [-0.15, -0.1) is 0 Å². The molecule has 8 nitrogen and oxygen atoms in total. The molecule has 27 heavy (non-hydrogen) atoms. The van der Waals surface area contributed by atoms with Crippen molar-refractivity contribution in [2.75, 3.05) is 36.4 Å². The van der Waals surface area contributed by atoms with Gasteiger partial charge in [0.15, 0.2) is 0 Å². The fourth-order valence-electron chi connectivity index (χ4n) is 2.92. The van der Waals surface area contributed by atoms with Crippen molar-refractivity contribution in [1.82, 2.24) is 9.88 Å². The second kappa shape index (κ2) is 7.79. The molecular weight excluding hydrogens is 370 g/mol. The van der Waals surface area contributed by atoms with Crippen molar-refractivity contribution in [2.45, 2.75) is 13.8 Å². The fourth-order valence-corrected chi connectivity index (χ4v) is 3.10. The van der Waals surface area contributed by atoms with Gasteiger partial charge in [0.25, 0.3) is 0 Å². The number of pyridine rings is 1. The predicted octanol–water partition coefficient (Wildman–Crippen LogP) is 3.61. The second-order valence-electron chi connectivity index (χ2n) is 6.48. The van der Waals surface area contributed by atoms with Gasteiger partial charge in [-0.25, -0.2) is 9.78 Å². The van der Waals surface area contributed by atoms with Crippen LogP contribution in [-0.2, 0) is 0 Å². The molecule has 1 aliphatic heterocycles. The molecular formula is C18H20ClN5O3.